The fourth-order valence-electron chi connectivity index (χ4n) is 2.43. The van der Waals surface area contributed by atoms with Gasteiger partial charge >= 0.3 is 0 Å². The average molecular weight is 257 g/mol. The smallest absolute Gasteiger partial charge is 0.171 e. The van der Waals surface area contributed by atoms with Crippen LogP contribution in [-0.4, -0.2) is 36.2 Å². The number of nitrogens with one attached hydrogen (secondary N) is 1. The van der Waals surface area contributed by atoms with Crippen LogP contribution in [0.4, 0.5) is 0 Å². The van der Waals surface area contributed by atoms with Gasteiger partial charge in [-0.25, -0.2) is 0 Å². The number of benzene rings is 1. The molecule has 19 heavy (non-hydrogen) atoms. The third-order valence-electron chi connectivity index (χ3n) is 3.56. The summed E-state index contributed by atoms with van der Waals surface area (Å²) in [5.41, 5.74) is 3.53. The molecule has 100 valence electrons. The molecule has 0 radical (unpaired) electrons. The largest absolute Gasteiger partial charge is 0.356 e. The minimum Gasteiger partial charge on any atom is -0.356 e. The third-order valence-corrected chi connectivity index (χ3v) is 3.56. The van der Waals surface area contributed by atoms with Gasteiger partial charge in [0, 0.05) is 43.9 Å². The molecular weight excluding hydrogens is 238 g/mol. The number of nitrogens with zero attached hydrogens (tertiary/aromatic N) is 2. The second-order valence-corrected chi connectivity index (χ2v) is 5.07. The first kappa shape index (κ1) is 12.4. The van der Waals surface area contributed by atoms with Crippen molar-refractivity contribution in [2.24, 2.45) is 0 Å². The lowest BCUT2D eigenvalue weighted by Crippen LogP contribution is -2.42. The van der Waals surface area contributed by atoms with Gasteiger partial charge in [0.2, 0.25) is 0 Å². The van der Waals surface area contributed by atoms with Crippen molar-refractivity contribution in [1.82, 2.24) is 15.4 Å². The van der Waals surface area contributed by atoms with Crippen LogP contribution in [0.5, 0.6) is 0 Å². The van der Waals surface area contributed by atoms with Gasteiger partial charge in [0.05, 0.1) is 6.20 Å². The van der Waals surface area contributed by atoms with Crippen molar-refractivity contribution in [2.45, 2.75) is 13.5 Å². The Balaban J connectivity index is 1.79. The van der Waals surface area contributed by atoms with Crippen molar-refractivity contribution < 1.29 is 4.52 Å². The summed E-state index contributed by atoms with van der Waals surface area (Å²) >= 11 is 0. The standard InChI is InChI=1S/C15H19N3O/c1-12-2-4-13(5-3-12)15-14(10-17-19-15)11-18-8-6-16-7-9-18/h2-5,10,16H,6-9,11H2,1H3. The Morgan fingerprint density at radius 3 is 2.68 bits per heavy atom. The van der Waals surface area contributed by atoms with Crippen LogP contribution in [-0.2, 0) is 6.54 Å². The molecule has 0 amide bonds. The zero-order valence-electron chi connectivity index (χ0n) is 11.2. The van der Waals surface area contributed by atoms with Crippen LogP contribution in [0.3, 0.4) is 0 Å². The highest BCUT2D eigenvalue weighted by Gasteiger charge is 2.16. The molecule has 0 bridgehead atoms. The quantitative estimate of drug-likeness (QED) is 0.913. The molecule has 0 atom stereocenters. The van der Waals surface area contributed by atoms with Gasteiger partial charge < -0.3 is 9.84 Å². The predicted octanol–water partition coefficient (Wildman–Crippen LogP) is 2.06. The Morgan fingerprint density at radius 2 is 1.95 bits per heavy atom. The maximum absolute atomic E-state index is 5.44. The number of hydrogen-bond acceptors (Lipinski definition) is 4. The highest BCUT2D eigenvalue weighted by Crippen LogP contribution is 2.25. The molecule has 1 aromatic carbocycles. The predicted molar refractivity (Wildman–Crippen MR) is 74.8 cm³/mol. The zero-order chi connectivity index (χ0) is 13.1. The second kappa shape index (κ2) is 5.55. The normalized spacial score (nSPS) is 16.7. The zero-order valence-corrected chi connectivity index (χ0v) is 11.2. The number of aromatic nitrogens is 1. The van der Waals surface area contributed by atoms with E-state index in [0.717, 1.165) is 44.0 Å². The lowest BCUT2D eigenvalue weighted by atomic mass is 10.1. The van der Waals surface area contributed by atoms with Gasteiger partial charge in [-0.05, 0) is 6.92 Å². The lowest BCUT2D eigenvalue weighted by molar-refractivity contribution is 0.233. The SMILES string of the molecule is Cc1ccc(-c2oncc2CN2CCNCC2)cc1. The maximum atomic E-state index is 5.44. The average Bonchev–Trinajstić information content (AvgIpc) is 2.89. The lowest BCUT2D eigenvalue weighted by Gasteiger charge is -2.26. The highest BCUT2D eigenvalue weighted by molar-refractivity contribution is 5.60. The molecule has 0 unspecified atom stereocenters. The monoisotopic (exact) mass is 257 g/mol. The van der Waals surface area contributed by atoms with E-state index in [1.165, 1.54) is 11.1 Å². The number of piperazine rings is 1. The summed E-state index contributed by atoms with van der Waals surface area (Å²) in [6, 6.07) is 8.40. The van der Waals surface area contributed by atoms with Gasteiger partial charge in [-0.15, -0.1) is 0 Å². The summed E-state index contributed by atoms with van der Waals surface area (Å²) in [6.45, 7) is 7.29. The van der Waals surface area contributed by atoms with E-state index in [0.29, 0.717) is 0 Å². The van der Waals surface area contributed by atoms with E-state index >= 15 is 0 Å². The summed E-state index contributed by atoms with van der Waals surface area (Å²) in [4.78, 5) is 2.43. The Morgan fingerprint density at radius 1 is 1.21 bits per heavy atom. The van der Waals surface area contributed by atoms with Crippen LogP contribution in [0.1, 0.15) is 11.1 Å². The van der Waals surface area contributed by atoms with E-state index in [9.17, 15) is 0 Å². The van der Waals surface area contributed by atoms with Gasteiger partial charge in [0.1, 0.15) is 0 Å². The molecule has 1 aliphatic heterocycles. The van der Waals surface area contributed by atoms with E-state index in [1.807, 2.05) is 6.20 Å². The van der Waals surface area contributed by atoms with Crippen LogP contribution in [0.25, 0.3) is 11.3 Å². The topological polar surface area (TPSA) is 41.3 Å². The highest BCUT2D eigenvalue weighted by atomic mass is 16.5. The first-order chi connectivity index (χ1) is 9.33. The Hall–Kier alpha value is -1.65. The first-order valence-corrected chi connectivity index (χ1v) is 6.76. The molecule has 1 N–H and O–H groups in total. The fraction of sp³-hybridized carbons (Fsp3) is 0.400. The van der Waals surface area contributed by atoms with E-state index in [2.05, 4.69) is 46.6 Å². The molecule has 4 nitrogen and oxygen atoms in total. The fourth-order valence-corrected chi connectivity index (χ4v) is 2.43. The van der Waals surface area contributed by atoms with Crippen molar-refractivity contribution in [1.29, 1.82) is 0 Å². The van der Waals surface area contributed by atoms with Crippen molar-refractivity contribution in [3.05, 3.63) is 41.6 Å². The van der Waals surface area contributed by atoms with E-state index in [4.69, 9.17) is 4.52 Å². The van der Waals surface area contributed by atoms with Crippen LogP contribution in [0.15, 0.2) is 35.0 Å². The first-order valence-electron chi connectivity index (χ1n) is 6.76. The molecule has 1 aromatic heterocycles. The number of hydrogen-bond donors (Lipinski definition) is 1. The van der Waals surface area contributed by atoms with Crippen molar-refractivity contribution in [3.8, 4) is 11.3 Å². The summed E-state index contributed by atoms with van der Waals surface area (Å²) in [6.07, 6.45) is 1.84. The summed E-state index contributed by atoms with van der Waals surface area (Å²) in [5, 5.41) is 7.34. The molecule has 1 fully saturated rings. The molecule has 3 rings (SSSR count). The molecule has 2 aromatic rings. The van der Waals surface area contributed by atoms with Crippen LogP contribution in [0, 0.1) is 6.92 Å². The van der Waals surface area contributed by atoms with Gasteiger partial charge in [-0.1, -0.05) is 35.0 Å². The van der Waals surface area contributed by atoms with E-state index < -0.39 is 0 Å². The Kier molecular flexibility index (Phi) is 3.62. The van der Waals surface area contributed by atoms with Crippen LogP contribution >= 0.6 is 0 Å². The summed E-state index contributed by atoms with van der Waals surface area (Å²) in [5.74, 6) is 0.901. The van der Waals surface area contributed by atoms with Crippen LogP contribution in [0.2, 0.25) is 0 Å². The van der Waals surface area contributed by atoms with Gasteiger partial charge in [0.25, 0.3) is 0 Å². The number of aryl methyl sites for hydroxylation is 1. The minimum absolute atomic E-state index is 0.901. The van der Waals surface area contributed by atoms with Crippen molar-refractivity contribution >= 4 is 0 Å². The molecule has 4 heteroatoms. The van der Waals surface area contributed by atoms with Gasteiger partial charge in [0.15, 0.2) is 5.76 Å². The van der Waals surface area contributed by atoms with Gasteiger partial charge in [-0.3, -0.25) is 4.90 Å². The molecular formula is C15H19N3O. The maximum Gasteiger partial charge on any atom is 0.171 e. The molecule has 1 aliphatic rings. The molecule has 0 aliphatic carbocycles. The van der Waals surface area contributed by atoms with Crippen LogP contribution < -0.4 is 5.32 Å². The van der Waals surface area contributed by atoms with Gasteiger partial charge in [-0.2, -0.15) is 0 Å². The molecule has 0 spiro atoms. The minimum atomic E-state index is 0.901. The summed E-state index contributed by atoms with van der Waals surface area (Å²) in [7, 11) is 0. The molecule has 0 saturated carbocycles. The Labute approximate surface area is 113 Å². The third kappa shape index (κ3) is 2.85. The molecule has 2 heterocycles. The van der Waals surface area contributed by atoms with Crippen molar-refractivity contribution in [3.63, 3.8) is 0 Å². The van der Waals surface area contributed by atoms with E-state index in [1.54, 1.807) is 0 Å². The molecule has 1 saturated heterocycles. The summed E-state index contributed by atoms with van der Waals surface area (Å²) < 4.78 is 5.44. The van der Waals surface area contributed by atoms with E-state index in [-0.39, 0.29) is 0 Å². The Bertz CT molecular complexity index is 527. The second-order valence-electron chi connectivity index (χ2n) is 5.07. The van der Waals surface area contributed by atoms with Crippen molar-refractivity contribution in [2.75, 3.05) is 26.2 Å². The number of rotatable bonds is 3.